The van der Waals surface area contributed by atoms with Gasteiger partial charge < -0.3 is 14.8 Å². The van der Waals surface area contributed by atoms with Crippen molar-refractivity contribution in [2.45, 2.75) is 0 Å². The highest BCUT2D eigenvalue weighted by atomic mass is 19.1. The fourth-order valence-corrected chi connectivity index (χ4v) is 3.11. The summed E-state index contributed by atoms with van der Waals surface area (Å²) in [7, 11) is 3.06. The minimum absolute atomic E-state index is 0.344. The van der Waals surface area contributed by atoms with Crippen LogP contribution >= 0.6 is 0 Å². The number of hydrogen-bond acceptors (Lipinski definition) is 4. The molecule has 2 heterocycles. The van der Waals surface area contributed by atoms with E-state index in [2.05, 4.69) is 15.6 Å². The first kappa shape index (κ1) is 19.3. The third kappa shape index (κ3) is 3.75. The lowest BCUT2D eigenvalue weighted by Crippen LogP contribution is -2.20. The number of urea groups is 1. The summed E-state index contributed by atoms with van der Waals surface area (Å²) in [6.07, 6.45) is 1.79. The van der Waals surface area contributed by atoms with Crippen LogP contribution < -0.4 is 20.1 Å². The molecule has 0 atom stereocenters. The number of amides is 2. The fraction of sp³-hybridized carbons (Fsp3) is 0.0909. The Morgan fingerprint density at radius 1 is 0.967 bits per heavy atom. The van der Waals surface area contributed by atoms with E-state index in [4.69, 9.17) is 9.47 Å². The van der Waals surface area contributed by atoms with Crippen LogP contribution in [0.3, 0.4) is 0 Å². The quantitative estimate of drug-likeness (QED) is 0.499. The maximum Gasteiger partial charge on any atom is 0.324 e. The number of imidazole rings is 1. The molecule has 8 heteroatoms. The second kappa shape index (κ2) is 8.12. The zero-order valence-corrected chi connectivity index (χ0v) is 16.3. The van der Waals surface area contributed by atoms with Crippen molar-refractivity contribution in [2.24, 2.45) is 0 Å². The molecule has 0 bridgehead atoms. The van der Waals surface area contributed by atoms with Crippen LogP contribution in [0.4, 0.5) is 20.7 Å². The van der Waals surface area contributed by atoms with Gasteiger partial charge in [-0.05, 0) is 48.5 Å². The number of benzene rings is 2. The van der Waals surface area contributed by atoms with Gasteiger partial charge in [0.15, 0.2) is 11.5 Å². The Morgan fingerprint density at radius 3 is 2.47 bits per heavy atom. The normalized spacial score (nSPS) is 10.6. The summed E-state index contributed by atoms with van der Waals surface area (Å²) in [5.74, 6) is 1.18. The van der Waals surface area contributed by atoms with Crippen molar-refractivity contribution < 1.29 is 18.7 Å². The first-order valence-electron chi connectivity index (χ1n) is 9.12. The van der Waals surface area contributed by atoms with Crippen molar-refractivity contribution in [3.63, 3.8) is 0 Å². The molecule has 30 heavy (non-hydrogen) atoms. The van der Waals surface area contributed by atoms with Crippen LogP contribution in [-0.4, -0.2) is 29.6 Å². The maximum absolute atomic E-state index is 13.4. The third-order valence-electron chi connectivity index (χ3n) is 4.52. The average molecular weight is 406 g/mol. The monoisotopic (exact) mass is 406 g/mol. The van der Waals surface area contributed by atoms with Gasteiger partial charge in [-0.3, -0.25) is 9.72 Å². The van der Waals surface area contributed by atoms with Gasteiger partial charge in [0, 0.05) is 23.5 Å². The molecule has 152 valence electrons. The molecule has 0 unspecified atom stereocenters. The zero-order chi connectivity index (χ0) is 21.1. The molecule has 0 aliphatic heterocycles. The lowest BCUT2D eigenvalue weighted by molar-refractivity contribution is 0.262. The molecule has 0 spiro atoms. The number of rotatable bonds is 5. The molecule has 0 saturated heterocycles. The number of pyridine rings is 1. The van der Waals surface area contributed by atoms with Gasteiger partial charge in [0.25, 0.3) is 0 Å². The van der Waals surface area contributed by atoms with Crippen LogP contribution in [0.25, 0.3) is 16.9 Å². The molecule has 2 amide bonds. The van der Waals surface area contributed by atoms with Crippen LogP contribution in [0.2, 0.25) is 0 Å². The van der Waals surface area contributed by atoms with Crippen molar-refractivity contribution in [2.75, 3.05) is 24.9 Å². The molecule has 4 aromatic rings. The van der Waals surface area contributed by atoms with Crippen molar-refractivity contribution in [3.8, 4) is 22.8 Å². The minimum atomic E-state index is -0.462. The first-order valence-corrected chi connectivity index (χ1v) is 9.12. The lowest BCUT2D eigenvalue weighted by atomic mass is 10.1. The molecular weight excluding hydrogens is 387 g/mol. The van der Waals surface area contributed by atoms with Gasteiger partial charge in [-0.15, -0.1) is 0 Å². The zero-order valence-electron chi connectivity index (χ0n) is 16.3. The molecule has 7 nitrogen and oxygen atoms in total. The van der Waals surface area contributed by atoms with Crippen molar-refractivity contribution in [1.82, 2.24) is 9.38 Å². The largest absolute Gasteiger partial charge is 0.493 e. The Balaban J connectivity index is 1.65. The SMILES string of the molecule is COc1ccc(NC(=O)Nc2c(-c3ccc(F)cc3)nc3ccccn23)cc1OC. The Labute approximate surface area is 172 Å². The summed E-state index contributed by atoms with van der Waals surface area (Å²) < 4.78 is 25.6. The van der Waals surface area contributed by atoms with E-state index < -0.39 is 6.03 Å². The number of aromatic nitrogens is 2. The number of carbonyl (C=O) groups is 1. The molecule has 2 aromatic heterocycles. The number of anilines is 2. The van der Waals surface area contributed by atoms with E-state index in [1.807, 2.05) is 18.2 Å². The summed E-state index contributed by atoms with van der Waals surface area (Å²) in [5, 5.41) is 5.62. The molecule has 2 N–H and O–H groups in total. The molecule has 2 aromatic carbocycles. The Hall–Kier alpha value is -4.07. The maximum atomic E-state index is 13.4. The summed E-state index contributed by atoms with van der Waals surface area (Å²) in [6.45, 7) is 0. The predicted molar refractivity (Wildman–Crippen MR) is 113 cm³/mol. The van der Waals surface area contributed by atoms with E-state index in [-0.39, 0.29) is 5.82 Å². The van der Waals surface area contributed by atoms with E-state index in [1.165, 1.54) is 19.2 Å². The second-order valence-electron chi connectivity index (χ2n) is 6.39. The van der Waals surface area contributed by atoms with Crippen LogP contribution in [0.1, 0.15) is 0 Å². The molecular formula is C22H19FN4O3. The number of carbonyl (C=O) groups excluding carboxylic acids is 1. The van der Waals surface area contributed by atoms with E-state index in [0.29, 0.717) is 39.9 Å². The number of nitrogens with one attached hydrogen (secondary N) is 2. The van der Waals surface area contributed by atoms with Crippen molar-refractivity contribution >= 4 is 23.2 Å². The van der Waals surface area contributed by atoms with E-state index >= 15 is 0 Å². The smallest absolute Gasteiger partial charge is 0.324 e. The summed E-state index contributed by atoms with van der Waals surface area (Å²) in [4.78, 5) is 17.3. The number of halogens is 1. The van der Waals surface area contributed by atoms with Crippen LogP contribution in [-0.2, 0) is 0 Å². The van der Waals surface area contributed by atoms with Crippen LogP contribution in [0.5, 0.6) is 11.5 Å². The second-order valence-corrected chi connectivity index (χ2v) is 6.39. The van der Waals surface area contributed by atoms with Gasteiger partial charge in [-0.25, -0.2) is 14.2 Å². The topological polar surface area (TPSA) is 76.9 Å². The Morgan fingerprint density at radius 2 is 1.73 bits per heavy atom. The number of fused-ring (bicyclic) bond motifs is 1. The third-order valence-corrected chi connectivity index (χ3v) is 4.52. The number of ether oxygens (including phenoxy) is 2. The van der Waals surface area contributed by atoms with Gasteiger partial charge in [-0.1, -0.05) is 6.07 Å². The highest BCUT2D eigenvalue weighted by Crippen LogP contribution is 2.31. The Kier molecular flexibility index (Phi) is 5.21. The highest BCUT2D eigenvalue weighted by Gasteiger charge is 2.17. The summed E-state index contributed by atoms with van der Waals surface area (Å²) >= 11 is 0. The van der Waals surface area contributed by atoms with Gasteiger partial charge >= 0.3 is 6.03 Å². The lowest BCUT2D eigenvalue weighted by Gasteiger charge is -2.12. The molecule has 0 aliphatic rings. The Bertz CT molecular complexity index is 1200. The fourth-order valence-electron chi connectivity index (χ4n) is 3.11. The summed E-state index contributed by atoms with van der Waals surface area (Å²) in [6, 6.07) is 16.1. The standard InChI is InChI=1S/C22H19FN4O3/c1-29-17-11-10-16(13-18(17)30-2)24-22(28)26-21-20(14-6-8-15(23)9-7-14)25-19-5-3-4-12-27(19)21/h3-13H,1-2H3,(H2,24,26,28). The van der Waals surface area contributed by atoms with Gasteiger partial charge in [0.2, 0.25) is 0 Å². The number of nitrogens with zero attached hydrogens (tertiary/aromatic N) is 2. The summed E-state index contributed by atoms with van der Waals surface area (Å²) in [5.41, 5.74) is 2.39. The van der Waals surface area contributed by atoms with Crippen molar-refractivity contribution in [1.29, 1.82) is 0 Å². The van der Waals surface area contributed by atoms with Crippen molar-refractivity contribution in [3.05, 3.63) is 72.7 Å². The average Bonchev–Trinajstić information content (AvgIpc) is 3.12. The molecule has 4 rings (SSSR count). The van der Waals surface area contributed by atoms with E-state index in [1.54, 1.807) is 48.0 Å². The predicted octanol–water partition coefficient (Wildman–Crippen LogP) is 4.80. The van der Waals surface area contributed by atoms with Crippen LogP contribution in [0.15, 0.2) is 66.9 Å². The molecule has 0 saturated carbocycles. The first-order chi connectivity index (χ1) is 14.6. The number of methoxy groups -OCH3 is 2. The highest BCUT2D eigenvalue weighted by molar-refractivity contribution is 6.02. The van der Waals surface area contributed by atoms with Gasteiger partial charge in [0.05, 0.1) is 14.2 Å². The van der Waals surface area contributed by atoms with E-state index in [0.717, 1.165) is 0 Å². The van der Waals surface area contributed by atoms with E-state index in [9.17, 15) is 9.18 Å². The molecule has 0 fully saturated rings. The van der Waals surface area contributed by atoms with Gasteiger partial charge in [0.1, 0.15) is 23.0 Å². The minimum Gasteiger partial charge on any atom is -0.493 e. The molecule has 0 radical (unpaired) electrons. The van der Waals surface area contributed by atoms with Crippen LogP contribution in [0, 0.1) is 5.82 Å². The molecule has 0 aliphatic carbocycles. The van der Waals surface area contributed by atoms with Gasteiger partial charge in [-0.2, -0.15) is 0 Å². The number of hydrogen-bond donors (Lipinski definition) is 2.